The molecule has 1 aliphatic rings. The number of piperidine rings is 1. The highest BCUT2D eigenvalue weighted by Gasteiger charge is 2.20. The molecular weight excluding hydrogens is 381 g/mol. The lowest BCUT2D eigenvalue weighted by Crippen LogP contribution is -2.43. The number of halogens is 2. The maximum atomic E-state index is 13.2. The first-order valence-electron chi connectivity index (χ1n) is 9.49. The summed E-state index contributed by atoms with van der Waals surface area (Å²) in [4.78, 5) is 14.4. The Morgan fingerprint density at radius 2 is 2.07 bits per heavy atom. The summed E-state index contributed by atoms with van der Waals surface area (Å²) in [5.74, 6) is 0.831. The van der Waals surface area contributed by atoms with E-state index in [0.717, 1.165) is 38.2 Å². The zero-order valence-electron chi connectivity index (χ0n) is 15.7. The van der Waals surface area contributed by atoms with Gasteiger partial charge in [0.25, 0.3) is 0 Å². The Hall–Kier alpha value is -2.31. The molecule has 0 bridgehead atoms. The molecule has 3 rings (SSSR count). The van der Waals surface area contributed by atoms with Crippen LogP contribution in [0.2, 0.25) is 5.02 Å². The van der Waals surface area contributed by atoms with Gasteiger partial charge in [0.2, 0.25) is 0 Å². The zero-order chi connectivity index (χ0) is 19.8. The molecule has 28 heavy (non-hydrogen) atoms. The minimum Gasteiger partial charge on any atom is -0.492 e. The Labute approximate surface area is 169 Å². The van der Waals surface area contributed by atoms with Gasteiger partial charge in [-0.15, -0.1) is 0 Å². The summed E-state index contributed by atoms with van der Waals surface area (Å²) >= 11 is 5.87. The van der Waals surface area contributed by atoms with Gasteiger partial charge in [0.15, 0.2) is 0 Å². The SMILES string of the molecule is O=C(NCC1CCCN(CCOc2ccc(Cl)cc2)C1)Nc1cccc(F)c1. The molecule has 150 valence electrons. The van der Waals surface area contributed by atoms with E-state index in [2.05, 4.69) is 15.5 Å². The highest BCUT2D eigenvalue weighted by Crippen LogP contribution is 2.17. The topological polar surface area (TPSA) is 53.6 Å². The summed E-state index contributed by atoms with van der Waals surface area (Å²) in [5.41, 5.74) is 0.446. The molecule has 0 aromatic heterocycles. The van der Waals surface area contributed by atoms with Crippen molar-refractivity contribution in [1.82, 2.24) is 10.2 Å². The van der Waals surface area contributed by atoms with Gasteiger partial charge in [-0.3, -0.25) is 4.90 Å². The quantitative estimate of drug-likeness (QED) is 0.718. The maximum Gasteiger partial charge on any atom is 0.319 e. The number of carbonyl (C=O) groups excluding carboxylic acids is 1. The predicted molar refractivity (Wildman–Crippen MR) is 110 cm³/mol. The molecule has 2 aromatic carbocycles. The summed E-state index contributed by atoms with van der Waals surface area (Å²) in [6.45, 7) is 4.01. The molecule has 1 aliphatic heterocycles. The van der Waals surface area contributed by atoms with Crippen LogP contribution in [0.4, 0.5) is 14.9 Å². The summed E-state index contributed by atoms with van der Waals surface area (Å²) in [5, 5.41) is 6.24. The average molecular weight is 406 g/mol. The third-order valence-corrected chi connectivity index (χ3v) is 4.98. The van der Waals surface area contributed by atoms with Gasteiger partial charge in [0, 0.05) is 30.3 Å². The average Bonchev–Trinajstić information content (AvgIpc) is 2.68. The second-order valence-electron chi connectivity index (χ2n) is 6.96. The number of nitrogens with one attached hydrogen (secondary N) is 2. The minimum atomic E-state index is -0.374. The van der Waals surface area contributed by atoms with Crippen molar-refractivity contribution in [1.29, 1.82) is 0 Å². The first-order valence-corrected chi connectivity index (χ1v) is 9.87. The van der Waals surface area contributed by atoms with Crippen LogP contribution < -0.4 is 15.4 Å². The number of rotatable bonds is 7. The van der Waals surface area contributed by atoms with Crippen molar-refractivity contribution in [3.05, 3.63) is 59.4 Å². The highest BCUT2D eigenvalue weighted by molar-refractivity contribution is 6.30. The van der Waals surface area contributed by atoms with Crippen molar-refractivity contribution >= 4 is 23.3 Å². The van der Waals surface area contributed by atoms with E-state index >= 15 is 0 Å². The van der Waals surface area contributed by atoms with E-state index in [4.69, 9.17) is 16.3 Å². The number of ether oxygens (including phenoxy) is 1. The fourth-order valence-corrected chi connectivity index (χ4v) is 3.45. The van der Waals surface area contributed by atoms with Gasteiger partial charge in [-0.05, 0) is 67.8 Å². The molecule has 1 unspecified atom stereocenters. The number of hydrogen-bond donors (Lipinski definition) is 2. The van der Waals surface area contributed by atoms with E-state index in [9.17, 15) is 9.18 Å². The molecule has 2 N–H and O–H groups in total. The number of benzene rings is 2. The molecule has 1 atom stereocenters. The first-order chi connectivity index (χ1) is 13.6. The predicted octanol–water partition coefficient (Wildman–Crippen LogP) is 4.39. The molecule has 0 spiro atoms. The molecule has 2 amide bonds. The van der Waals surface area contributed by atoms with E-state index in [0.29, 0.717) is 29.8 Å². The van der Waals surface area contributed by atoms with Crippen molar-refractivity contribution in [2.24, 2.45) is 5.92 Å². The second-order valence-corrected chi connectivity index (χ2v) is 7.39. The van der Waals surface area contributed by atoms with E-state index in [1.54, 1.807) is 12.1 Å². The highest BCUT2D eigenvalue weighted by atomic mass is 35.5. The monoisotopic (exact) mass is 405 g/mol. The van der Waals surface area contributed by atoms with Crippen molar-refractivity contribution < 1.29 is 13.9 Å². The maximum absolute atomic E-state index is 13.2. The van der Waals surface area contributed by atoms with Crippen LogP contribution in [0.15, 0.2) is 48.5 Å². The Balaban J connectivity index is 1.36. The summed E-state index contributed by atoms with van der Waals surface area (Å²) in [6, 6.07) is 12.9. The van der Waals surface area contributed by atoms with Gasteiger partial charge in [0.05, 0.1) is 0 Å². The smallest absolute Gasteiger partial charge is 0.319 e. The van der Waals surface area contributed by atoms with E-state index in [1.165, 1.54) is 12.1 Å². The van der Waals surface area contributed by atoms with Gasteiger partial charge in [0.1, 0.15) is 18.2 Å². The molecule has 0 radical (unpaired) electrons. The van der Waals surface area contributed by atoms with Crippen molar-refractivity contribution in [3.8, 4) is 5.75 Å². The molecule has 5 nitrogen and oxygen atoms in total. The Kier molecular flexibility index (Phi) is 7.51. The molecular formula is C21H25ClFN3O2. The molecule has 0 saturated carbocycles. The number of amides is 2. The number of anilines is 1. The Morgan fingerprint density at radius 3 is 2.86 bits per heavy atom. The van der Waals surface area contributed by atoms with E-state index in [-0.39, 0.29) is 11.8 Å². The fourth-order valence-electron chi connectivity index (χ4n) is 3.32. The second kappa shape index (κ2) is 10.3. The van der Waals surface area contributed by atoms with Crippen LogP contribution in [0.5, 0.6) is 5.75 Å². The van der Waals surface area contributed by atoms with Gasteiger partial charge < -0.3 is 15.4 Å². The fraction of sp³-hybridized carbons (Fsp3) is 0.381. The Bertz CT molecular complexity index is 773. The van der Waals surface area contributed by atoms with Gasteiger partial charge in [-0.2, -0.15) is 0 Å². The van der Waals surface area contributed by atoms with Crippen LogP contribution in [0.1, 0.15) is 12.8 Å². The van der Waals surface area contributed by atoms with Crippen molar-refractivity contribution in [2.45, 2.75) is 12.8 Å². The number of urea groups is 1. The van der Waals surface area contributed by atoms with Crippen molar-refractivity contribution in [3.63, 3.8) is 0 Å². The van der Waals surface area contributed by atoms with Crippen LogP contribution in [0.25, 0.3) is 0 Å². The first kappa shape index (κ1) is 20.4. The lowest BCUT2D eigenvalue weighted by atomic mass is 9.98. The molecule has 1 fully saturated rings. The number of hydrogen-bond acceptors (Lipinski definition) is 3. The van der Waals surface area contributed by atoms with Gasteiger partial charge in [-0.1, -0.05) is 17.7 Å². The zero-order valence-corrected chi connectivity index (χ0v) is 16.4. The molecule has 0 aliphatic carbocycles. The van der Waals surface area contributed by atoms with Crippen LogP contribution >= 0.6 is 11.6 Å². The van der Waals surface area contributed by atoms with Gasteiger partial charge >= 0.3 is 6.03 Å². The largest absolute Gasteiger partial charge is 0.492 e. The van der Waals surface area contributed by atoms with E-state index in [1.807, 2.05) is 24.3 Å². The molecule has 7 heteroatoms. The normalized spacial score (nSPS) is 17.1. The summed E-state index contributed by atoms with van der Waals surface area (Å²) < 4.78 is 18.9. The van der Waals surface area contributed by atoms with Gasteiger partial charge in [-0.25, -0.2) is 9.18 Å². The lowest BCUT2D eigenvalue weighted by Gasteiger charge is -2.32. The minimum absolute atomic E-state index is 0.311. The van der Waals surface area contributed by atoms with Crippen LogP contribution in [-0.4, -0.2) is 43.7 Å². The van der Waals surface area contributed by atoms with E-state index < -0.39 is 0 Å². The molecule has 2 aromatic rings. The standard InChI is InChI=1S/C21H25ClFN3O2/c22-17-6-8-20(9-7-17)28-12-11-26-10-2-3-16(15-26)14-24-21(27)25-19-5-1-4-18(23)13-19/h1,4-9,13,16H,2-3,10-12,14-15H2,(H2,24,25,27). The summed E-state index contributed by atoms with van der Waals surface area (Å²) in [7, 11) is 0. The number of nitrogens with zero attached hydrogens (tertiary/aromatic N) is 1. The number of likely N-dealkylation sites (tertiary alicyclic amines) is 1. The number of carbonyl (C=O) groups is 1. The molecule has 1 heterocycles. The third kappa shape index (κ3) is 6.69. The van der Waals surface area contributed by atoms with Crippen LogP contribution in [0.3, 0.4) is 0 Å². The van der Waals surface area contributed by atoms with Crippen LogP contribution in [0, 0.1) is 11.7 Å². The Morgan fingerprint density at radius 1 is 1.25 bits per heavy atom. The lowest BCUT2D eigenvalue weighted by molar-refractivity contribution is 0.146. The summed E-state index contributed by atoms with van der Waals surface area (Å²) in [6.07, 6.45) is 2.17. The van der Waals surface area contributed by atoms with Crippen LogP contribution in [-0.2, 0) is 0 Å². The third-order valence-electron chi connectivity index (χ3n) is 4.73. The molecule has 1 saturated heterocycles. The van der Waals surface area contributed by atoms with Crippen molar-refractivity contribution in [2.75, 3.05) is 38.1 Å².